The number of halogens is 2. The molecule has 0 saturated heterocycles. The molecule has 2 aromatic rings. The predicted octanol–water partition coefficient (Wildman–Crippen LogP) is 2.82. The van der Waals surface area contributed by atoms with Crippen molar-refractivity contribution in [3.05, 3.63) is 39.7 Å². The molecule has 0 bridgehead atoms. The lowest BCUT2D eigenvalue weighted by atomic mass is 10.2. The first-order valence-corrected chi connectivity index (χ1v) is 6.79. The monoisotopic (exact) mass is 322 g/mol. The van der Waals surface area contributed by atoms with Gasteiger partial charge >= 0.3 is 0 Å². The molecular weight excluding hydrogens is 311 g/mol. The number of hydrogen-bond acceptors (Lipinski definition) is 4. The van der Waals surface area contributed by atoms with Gasteiger partial charge in [0.1, 0.15) is 11.6 Å². The molecule has 0 aliphatic heterocycles. The number of hydrogen-bond donors (Lipinski definition) is 2. The minimum absolute atomic E-state index is 0.323. The van der Waals surface area contributed by atoms with E-state index in [4.69, 9.17) is 5.84 Å². The number of nitrogens with zero attached hydrogens (tertiary/aromatic N) is 2. The molecule has 1 aromatic heterocycles. The molecule has 0 amide bonds. The van der Waals surface area contributed by atoms with Gasteiger partial charge in [0.2, 0.25) is 0 Å². The lowest BCUT2D eigenvalue weighted by molar-refractivity contribution is 0.627. The fraction of sp³-hybridized carbons (Fsp3) is 0.231. The Labute approximate surface area is 118 Å². The summed E-state index contributed by atoms with van der Waals surface area (Å²) in [4.78, 5) is 8.90. The summed E-state index contributed by atoms with van der Waals surface area (Å²) in [5.41, 5.74) is 5.32. The summed E-state index contributed by atoms with van der Waals surface area (Å²) in [6.45, 7) is 0. The van der Waals surface area contributed by atoms with Crippen LogP contribution in [-0.4, -0.2) is 9.97 Å². The number of benzene rings is 1. The van der Waals surface area contributed by atoms with E-state index in [-0.39, 0.29) is 5.82 Å². The maximum Gasteiger partial charge on any atom is 0.161 e. The molecule has 98 valence electrons. The van der Waals surface area contributed by atoms with Gasteiger partial charge in [-0.1, -0.05) is 15.9 Å². The number of aromatic nitrogens is 2. The average Bonchev–Trinajstić information content (AvgIpc) is 2.84. The summed E-state index contributed by atoms with van der Waals surface area (Å²) in [5.74, 6) is 6.31. The van der Waals surface area contributed by atoms with Crippen molar-refractivity contribution in [1.29, 1.82) is 0 Å². The molecule has 1 aliphatic carbocycles. The van der Waals surface area contributed by atoms with Gasteiger partial charge < -0.3 is 5.43 Å². The molecule has 3 N–H and O–H groups in total. The topological polar surface area (TPSA) is 63.8 Å². The minimum Gasteiger partial charge on any atom is -0.308 e. The normalized spacial score (nSPS) is 13.4. The van der Waals surface area contributed by atoms with E-state index in [2.05, 4.69) is 31.3 Å². The van der Waals surface area contributed by atoms with Gasteiger partial charge in [-0.3, -0.25) is 0 Å². The van der Waals surface area contributed by atoms with Gasteiger partial charge in [-0.25, -0.2) is 20.2 Å². The summed E-state index contributed by atoms with van der Waals surface area (Å²) in [7, 11) is 0. The lowest BCUT2D eigenvalue weighted by Gasteiger charge is -2.09. The van der Waals surface area contributed by atoms with Gasteiger partial charge in [0, 0.05) is 21.3 Å². The summed E-state index contributed by atoms with van der Waals surface area (Å²) in [5, 5.41) is 0. The molecule has 0 unspecified atom stereocenters. The van der Waals surface area contributed by atoms with Crippen LogP contribution in [0.3, 0.4) is 0 Å². The van der Waals surface area contributed by atoms with Crippen LogP contribution in [0.4, 0.5) is 10.2 Å². The molecule has 3 rings (SSSR count). The summed E-state index contributed by atoms with van der Waals surface area (Å²) >= 11 is 3.27. The Morgan fingerprint density at radius 1 is 1.21 bits per heavy atom. The number of aryl methyl sites for hydroxylation is 1. The second-order valence-electron chi connectivity index (χ2n) is 4.48. The molecule has 6 heteroatoms. The molecule has 0 fully saturated rings. The number of nitrogens with two attached hydrogens (primary N) is 1. The third-order valence-electron chi connectivity index (χ3n) is 3.19. The largest absolute Gasteiger partial charge is 0.308 e. The smallest absolute Gasteiger partial charge is 0.161 e. The maximum atomic E-state index is 13.4. The Balaban J connectivity index is 2.15. The van der Waals surface area contributed by atoms with Crippen LogP contribution >= 0.6 is 15.9 Å². The van der Waals surface area contributed by atoms with Gasteiger partial charge in [-0.2, -0.15) is 0 Å². The third-order valence-corrected chi connectivity index (χ3v) is 3.65. The molecular formula is C13H12BrFN4. The van der Waals surface area contributed by atoms with Crippen LogP contribution in [0.2, 0.25) is 0 Å². The highest BCUT2D eigenvalue weighted by Crippen LogP contribution is 2.29. The Hall–Kier alpha value is -1.53. The Bertz CT molecular complexity index is 625. The Morgan fingerprint density at radius 3 is 2.79 bits per heavy atom. The van der Waals surface area contributed by atoms with Crippen molar-refractivity contribution in [2.75, 3.05) is 5.43 Å². The van der Waals surface area contributed by atoms with Crippen molar-refractivity contribution in [2.24, 2.45) is 5.84 Å². The molecule has 0 spiro atoms. The second-order valence-corrected chi connectivity index (χ2v) is 5.39. The van der Waals surface area contributed by atoms with Crippen molar-refractivity contribution in [1.82, 2.24) is 9.97 Å². The first kappa shape index (κ1) is 12.5. The van der Waals surface area contributed by atoms with Gasteiger partial charge in [-0.15, -0.1) is 0 Å². The molecule has 1 aromatic carbocycles. The summed E-state index contributed by atoms with van der Waals surface area (Å²) < 4.78 is 14.1. The van der Waals surface area contributed by atoms with E-state index in [1.807, 2.05) is 0 Å². The van der Waals surface area contributed by atoms with E-state index < -0.39 is 0 Å². The first-order chi connectivity index (χ1) is 9.17. The van der Waals surface area contributed by atoms with E-state index in [1.165, 1.54) is 12.1 Å². The summed E-state index contributed by atoms with van der Waals surface area (Å²) in [6.07, 6.45) is 2.90. The Morgan fingerprint density at radius 2 is 2.05 bits per heavy atom. The van der Waals surface area contributed by atoms with E-state index in [0.29, 0.717) is 21.7 Å². The van der Waals surface area contributed by atoms with E-state index in [0.717, 1.165) is 30.5 Å². The number of rotatable bonds is 2. The molecule has 1 aliphatic rings. The van der Waals surface area contributed by atoms with Crippen LogP contribution in [0.1, 0.15) is 17.7 Å². The van der Waals surface area contributed by atoms with E-state index >= 15 is 0 Å². The quantitative estimate of drug-likeness (QED) is 0.659. The molecule has 0 radical (unpaired) electrons. The summed E-state index contributed by atoms with van der Waals surface area (Å²) in [6, 6.07) is 4.61. The SMILES string of the molecule is NNc1nc(-c2cc(F)cc(Br)c2)nc2c1CCC2. The highest BCUT2D eigenvalue weighted by molar-refractivity contribution is 9.10. The Kier molecular flexibility index (Phi) is 3.20. The highest BCUT2D eigenvalue weighted by atomic mass is 79.9. The highest BCUT2D eigenvalue weighted by Gasteiger charge is 2.19. The molecule has 0 saturated carbocycles. The number of hydrazine groups is 1. The van der Waals surface area contributed by atoms with Gasteiger partial charge in [-0.05, 0) is 37.5 Å². The number of nitrogens with one attached hydrogen (secondary N) is 1. The second kappa shape index (κ2) is 4.86. The molecule has 4 nitrogen and oxygen atoms in total. The van der Waals surface area contributed by atoms with Crippen molar-refractivity contribution in [3.63, 3.8) is 0 Å². The zero-order valence-corrected chi connectivity index (χ0v) is 11.7. The van der Waals surface area contributed by atoms with E-state index in [9.17, 15) is 4.39 Å². The molecule has 1 heterocycles. The van der Waals surface area contributed by atoms with Crippen molar-refractivity contribution in [3.8, 4) is 11.4 Å². The van der Waals surface area contributed by atoms with Crippen LogP contribution < -0.4 is 11.3 Å². The molecule has 0 atom stereocenters. The number of anilines is 1. The van der Waals surface area contributed by atoms with Crippen LogP contribution in [0.25, 0.3) is 11.4 Å². The minimum atomic E-state index is -0.323. The first-order valence-electron chi connectivity index (χ1n) is 6.00. The van der Waals surface area contributed by atoms with Gasteiger partial charge in [0.15, 0.2) is 5.82 Å². The van der Waals surface area contributed by atoms with Crippen LogP contribution in [0, 0.1) is 5.82 Å². The zero-order valence-electron chi connectivity index (χ0n) is 10.1. The van der Waals surface area contributed by atoms with E-state index in [1.54, 1.807) is 6.07 Å². The zero-order chi connectivity index (χ0) is 13.4. The standard InChI is InChI=1S/C13H12BrFN4/c14-8-4-7(5-9(15)6-8)12-17-11-3-1-2-10(11)13(18-12)19-16/h4-6H,1-3,16H2,(H,17,18,19). The predicted molar refractivity (Wildman–Crippen MR) is 75.0 cm³/mol. The lowest BCUT2D eigenvalue weighted by Crippen LogP contribution is -2.12. The fourth-order valence-electron chi connectivity index (χ4n) is 2.36. The van der Waals surface area contributed by atoms with Crippen molar-refractivity contribution < 1.29 is 4.39 Å². The third kappa shape index (κ3) is 2.33. The van der Waals surface area contributed by atoms with Crippen molar-refractivity contribution >= 4 is 21.7 Å². The maximum absolute atomic E-state index is 13.4. The van der Waals surface area contributed by atoms with Crippen LogP contribution in [0.15, 0.2) is 22.7 Å². The van der Waals surface area contributed by atoms with Crippen LogP contribution in [0.5, 0.6) is 0 Å². The number of nitrogen functional groups attached to an aromatic ring is 1. The van der Waals surface area contributed by atoms with Crippen LogP contribution in [-0.2, 0) is 12.8 Å². The van der Waals surface area contributed by atoms with Gasteiger partial charge in [0.25, 0.3) is 0 Å². The molecule has 19 heavy (non-hydrogen) atoms. The van der Waals surface area contributed by atoms with Gasteiger partial charge in [0.05, 0.1) is 0 Å². The average molecular weight is 323 g/mol. The van der Waals surface area contributed by atoms with Crippen molar-refractivity contribution in [2.45, 2.75) is 19.3 Å². The number of fused-ring (bicyclic) bond motifs is 1. The fourth-order valence-corrected chi connectivity index (χ4v) is 2.83.